The van der Waals surface area contributed by atoms with Crippen molar-refractivity contribution in [1.82, 2.24) is 0 Å². The zero-order chi connectivity index (χ0) is 15.7. The molecule has 0 spiro atoms. The van der Waals surface area contributed by atoms with Gasteiger partial charge in [-0.25, -0.2) is 8.42 Å². The summed E-state index contributed by atoms with van der Waals surface area (Å²) in [5.74, 6) is 0. The minimum absolute atomic E-state index is 0.134. The van der Waals surface area contributed by atoms with E-state index < -0.39 is 10.0 Å². The molecular weight excluding hydrogens is 318 g/mol. The van der Waals surface area contributed by atoms with Gasteiger partial charge >= 0.3 is 0 Å². The number of fused-ring (bicyclic) bond motifs is 1. The molecule has 0 bridgehead atoms. The van der Waals surface area contributed by atoms with Crippen LogP contribution < -0.4 is 4.72 Å². The molecule has 3 rings (SSSR count). The average Bonchev–Trinajstić information content (AvgIpc) is 2.83. The van der Waals surface area contributed by atoms with Gasteiger partial charge in [0.2, 0.25) is 0 Å². The van der Waals surface area contributed by atoms with Gasteiger partial charge in [0.15, 0.2) is 0 Å². The molecule has 112 valence electrons. The molecule has 22 heavy (non-hydrogen) atoms. The van der Waals surface area contributed by atoms with Gasteiger partial charge < -0.3 is 0 Å². The summed E-state index contributed by atoms with van der Waals surface area (Å²) < 4.78 is 28.5. The standard InChI is InChI=1S/C16H13NO3S2/c1-11-14-4-2-3-5-15(14)21-16(11)17-22(19,20)13-8-6-12(10-18)7-9-13/h2-10,17H,1H3. The number of aldehydes is 1. The summed E-state index contributed by atoms with van der Waals surface area (Å²) in [4.78, 5) is 10.8. The lowest BCUT2D eigenvalue weighted by Gasteiger charge is -2.07. The Morgan fingerprint density at radius 1 is 1.05 bits per heavy atom. The highest BCUT2D eigenvalue weighted by Gasteiger charge is 2.17. The quantitative estimate of drug-likeness (QED) is 0.739. The van der Waals surface area contributed by atoms with Gasteiger partial charge in [-0.15, -0.1) is 11.3 Å². The van der Waals surface area contributed by atoms with Crippen LogP contribution in [0.4, 0.5) is 5.00 Å². The van der Waals surface area contributed by atoms with Crippen molar-refractivity contribution < 1.29 is 13.2 Å². The number of hydrogen-bond donors (Lipinski definition) is 1. The molecule has 1 N–H and O–H groups in total. The highest BCUT2D eigenvalue weighted by atomic mass is 32.2. The normalized spacial score (nSPS) is 11.5. The van der Waals surface area contributed by atoms with Crippen LogP contribution in [0.1, 0.15) is 15.9 Å². The van der Waals surface area contributed by atoms with Gasteiger partial charge in [-0.3, -0.25) is 9.52 Å². The number of carbonyl (C=O) groups is 1. The van der Waals surface area contributed by atoms with E-state index in [2.05, 4.69) is 4.72 Å². The van der Waals surface area contributed by atoms with Gasteiger partial charge in [0.05, 0.1) is 4.90 Å². The van der Waals surface area contributed by atoms with Crippen molar-refractivity contribution in [3.8, 4) is 0 Å². The number of nitrogens with one attached hydrogen (secondary N) is 1. The SMILES string of the molecule is Cc1c(NS(=O)(=O)c2ccc(C=O)cc2)sc2ccccc12. The monoisotopic (exact) mass is 331 g/mol. The Kier molecular flexibility index (Phi) is 3.72. The predicted molar refractivity (Wildman–Crippen MR) is 89.2 cm³/mol. The van der Waals surface area contributed by atoms with Gasteiger partial charge in [0.25, 0.3) is 10.0 Å². The Hall–Kier alpha value is -2.18. The summed E-state index contributed by atoms with van der Waals surface area (Å²) in [7, 11) is -3.66. The van der Waals surface area contributed by atoms with E-state index in [9.17, 15) is 13.2 Å². The summed E-state index contributed by atoms with van der Waals surface area (Å²) in [6.45, 7) is 1.90. The van der Waals surface area contributed by atoms with Crippen LogP contribution in [0.5, 0.6) is 0 Å². The van der Waals surface area contributed by atoms with Crippen LogP contribution in [-0.4, -0.2) is 14.7 Å². The summed E-state index contributed by atoms with van der Waals surface area (Å²) in [5.41, 5.74) is 1.35. The second kappa shape index (κ2) is 5.55. The lowest BCUT2D eigenvalue weighted by Crippen LogP contribution is -2.12. The Morgan fingerprint density at radius 2 is 1.73 bits per heavy atom. The third-order valence-electron chi connectivity index (χ3n) is 3.40. The molecule has 0 atom stereocenters. The van der Waals surface area contributed by atoms with Crippen molar-refractivity contribution in [1.29, 1.82) is 0 Å². The molecule has 0 fully saturated rings. The van der Waals surface area contributed by atoms with Gasteiger partial charge in [-0.05, 0) is 36.1 Å². The molecule has 0 aliphatic carbocycles. The van der Waals surface area contributed by atoms with Crippen molar-refractivity contribution in [3.05, 3.63) is 59.7 Å². The van der Waals surface area contributed by atoms with E-state index in [1.807, 2.05) is 31.2 Å². The van der Waals surface area contributed by atoms with Crippen molar-refractivity contribution in [2.24, 2.45) is 0 Å². The molecular formula is C16H13NO3S2. The maximum atomic E-state index is 12.4. The molecule has 0 radical (unpaired) electrons. The van der Waals surface area contributed by atoms with Crippen molar-refractivity contribution in [2.75, 3.05) is 4.72 Å². The number of rotatable bonds is 4. The average molecular weight is 331 g/mol. The number of sulfonamides is 1. The minimum atomic E-state index is -3.66. The number of carbonyl (C=O) groups excluding carboxylic acids is 1. The zero-order valence-electron chi connectivity index (χ0n) is 11.7. The number of benzene rings is 2. The van der Waals surface area contributed by atoms with Gasteiger partial charge in [0.1, 0.15) is 11.3 Å². The summed E-state index contributed by atoms with van der Waals surface area (Å²) in [5, 5.41) is 1.65. The molecule has 0 amide bonds. The number of thiophene rings is 1. The molecule has 2 aromatic carbocycles. The first kappa shape index (κ1) is 14.7. The van der Waals surface area contributed by atoms with Crippen molar-refractivity contribution in [3.63, 3.8) is 0 Å². The molecule has 1 aromatic heterocycles. The highest BCUT2D eigenvalue weighted by molar-refractivity contribution is 7.93. The maximum absolute atomic E-state index is 12.4. The summed E-state index contributed by atoms with van der Waals surface area (Å²) in [6, 6.07) is 13.6. The van der Waals surface area contributed by atoms with E-state index in [0.29, 0.717) is 16.9 Å². The number of aryl methyl sites for hydroxylation is 1. The van der Waals surface area contributed by atoms with Crippen LogP contribution in [0.25, 0.3) is 10.1 Å². The smallest absolute Gasteiger partial charge is 0.262 e. The van der Waals surface area contributed by atoms with Crippen LogP contribution in [0, 0.1) is 6.92 Å². The van der Waals surface area contributed by atoms with Crippen molar-refractivity contribution in [2.45, 2.75) is 11.8 Å². The molecule has 3 aromatic rings. The Bertz CT molecular complexity index is 941. The molecule has 4 nitrogen and oxygen atoms in total. The van der Waals surface area contributed by atoms with Crippen LogP contribution in [-0.2, 0) is 10.0 Å². The number of hydrogen-bond acceptors (Lipinski definition) is 4. The topological polar surface area (TPSA) is 63.2 Å². The van der Waals surface area contributed by atoms with E-state index in [4.69, 9.17) is 0 Å². The molecule has 6 heteroatoms. The maximum Gasteiger partial charge on any atom is 0.262 e. The third kappa shape index (κ3) is 2.63. The molecule has 0 aliphatic heterocycles. The second-order valence-electron chi connectivity index (χ2n) is 4.84. The summed E-state index contributed by atoms with van der Waals surface area (Å²) >= 11 is 1.41. The van der Waals surface area contributed by atoms with Gasteiger partial charge in [-0.1, -0.05) is 30.3 Å². The second-order valence-corrected chi connectivity index (χ2v) is 7.58. The highest BCUT2D eigenvalue weighted by Crippen LogP contribution is 2.36. The fourth-order valence-corrected chi connectivity index (χ4v) is 4.64. The van der Waals surface area contributed by atoms with Crippen LogP contribution in [0.3, 0.4) is 0 Å². The largest absolute Gasteiger partial charge is 0.298 e. The first-order chi connectivity index (χ1) is 10.5. The Morgan fingerprint density at radius 3 is 2.36 bits per heavy atom. The van der Waals surface area contributed by atoms with E-state index in [0.717, 1.165) is 15.6 Å². The summed E-state index contributed by atoms with van der Waals surface area (Å²) in [6.07, 6.45) is 0.681. The Labute approximate surface area is 132 Å². The molecule has 0 aliphatic rings. The zero-order valence-corrected chi connectivity index (χ0v) is 13.4. The molecule has 0 saturated heterocycles. The first-order valence-corrected chi connectivity index (χ1v) is 8.87. The van der Waals surface area contributed by atoms with Crippen LogP contribution >= 0.6 is 11.3 Å². The van der Waals surface area contributed by atoms with Crippen molar-refractivity contribution >= 4 is 42.7 Å². The Balaban J connectivity index is 1.98. The lowest BCUT2D eigenvalue weighted by molar-refractivity contribution is 0.112. The molecule has 1 heterocycles. The fourth-order valence-electron chi connectivity index (χ4n) is 2.18. The van der Waals surface area contributed by atoms with E-state index in [1.54, 1.807) is 0 Å². The van der Waals surface area contributed by atoms with E-state index >= 15 is 0 Å². The number of anilines is 1. The predicted octanol–water partition coefficient (Wildman–Crippen LogP) is 3.82. The van der Waals surface area contributed by atoms with E-state index in [-0.39, 0.29) is 4.90 Å². The van der Waals surface area contributed by atoms with Crippen LogP contribution in [0.15, 0.2) is 53.4 Å². The van der Waals surface area contributed by atoms with Crippen LogP contribution in [0.2, 0.25) is 0 Å². The third-order valence-corrected chi connectivity index (χ3v) is 6.08. The first-order valence-electron chi connectivity index (χ1n) is 6.57. The van der Waals surface area contributed by atoms with E-state index in [1.165, 1.54) is 35.6 Å². The van der Waals surface area contributed by atoms with Gasteiger partial charge in [-0.2, -0.15) is 0 Å². The molecule has 0 unspecified atom stereocenters. The van der Waals surface area contributed by atoms with Gasteiger partial charge in [0, 0.05) is 10.3 Å². The fraction of sp³-hybridized carbons (Fsp3) is 0.0625. The molecule has 0 saturated carbocycles. The minimum Gasteiger partial charge on any atom is -0.298 e. The lowest BCUT2D eigenvalue weighted by atomic mass is 10.2.